The van der Waals surface area contributed by atoms with Gasteiger partial charge in [0.2, 0.25) is 0 Å². The van der Waals surface area contributed by atoms with Gasteiger partial charge in [-0.2, -0.15) is 0 Å². The van der Waals surface area contributed by atoms with Gasteiger partial charge < -0.3 is 9.47 Å². The molecule has 0 aliphatic heterocycles. The highest BCUT2D eigenvalue weighted by molar-refractivity contribution is 5.26. The maximum Gasteiger partial charge on any atom is 0.119 e. The van der Waals surface area contributed by atoms with Crippen LogP contribution in [0.3, 0.4) is 0 Å². The van der Waals surface area contributed by atoms with Crippen LogP contribution >= 0.6 is 0 Å². The molecule has 1 atom stereocenters. The summed E-state index contributed by atoms with van der Waals surface area (Å²) in [6.07, 6.45) is 0.154. The Labute approximate surface area is 85.8 Å². The Kier molecular flexibility index (Phi) is 4.47. The Morgan fingerprint density at radius 2 is 1.86 bits per heavy atom. The van der Waals surface area contributed by atoms with E-state index in [2.05, 4.69) is 6.92 Å². The van der Waals surface area contributed by atoms with E-state index in [9.17, 15) is 0 Å². The fourth-order valence-corrected chi connectivity index (χ4v) is 1.18. The Hall–Kier alpha value is -1.02. The van der Waals surface area contributed by atoms with Crippen LogP contribution in [0.15, 0.2) is 24.3 Å². The van der Waals surface area contributed by atoms with Crippen molar-refractivity contribution in [2.24, 2.45) is 0 Å². The Morgan fingerprint density at radius 3 is 2.43 bits per heavy atom. The first kappa shape index (κ1) is 11.1. The fourth-order valence-electron chi connectivity index (χ4n) is 1.18. The van der Waals surface area contributed by atoms with Crippen LogP contribution < -0.4 is 4.74 Å². The third-order valence-electron chi connectivity index (χ3n) is 1.96. The van der Waals surface area contributed by atoms with E-state index in [1.807, 2.05) is 38.1 Å². The van der Waals surface area contributed by atoms with Crippen molar-refractivity contribution < 1.29 is 9.47 Å². The van der Waals surface area contributed by atoms with Crippen molar-refractivity contribution in [2.45, 2.75) is 26.9 Å². The van der Waals surface area contributed by atoms with Crippen molar-refractivity contribution in [3.63, 3.8) is 0 Å². The SMILES string of the molecule is CCOC(C)COc1ccc(C)cc1. The molecule has 2 heteroatoms. The highest BCUT2D eigenvalue weighted by Crippen LogP contribution is 2.11. The minimum atomic E-state index is 0.154. The van der Waals surface area contributed by atoms with Crippen LogP contribution in [0.2, 0.25) is 0 Å². The third-order valence-corrected chi connectivity index (χ3v) is 1.96. The molecule has 0 aromatic heterocycles. The lowest BCUT2D eigenvalue weighted by atomic mass is 10.2. The number of ether oxygens (including phenoxy) is 2. The molecule has 0 fully saturated rings. The summed E-state index contributed by atoms with van der Waals surface area (Å²) < 4.78 is 10.9. The molecule has 1 unspecified atom stereocenters. The molecule has 14 heavy (non-hydrogen) atoms. The van der Waals surface area contributed by atoms with Gasteiger partial charge in [0.15, 0.2) is 0 Å². The van der Waals surface area contributed by atoms with Crippen LogP contribution in [0.25, 0.3) is 0 Å². The molecule has 0 saturated heterocycles. The zero-order valence-electron chi connectivity index (χ0n) is 9.12. The van der Waals surface area contributed by atoms with Crippen molar-refractivity contribution >= 4 is 0 Å². The molecule has 0 aliphatic carbocycles. The molecule has 0 heterocycles. The van der Waals surface area contributed by atoms with E-state index in [1.165, 1.54) is 5.56 Å². The predicted molar refractivity (Wildman–Crippen MR) is 57.8 cm³/mol. The van der Waals surface area contributed by atoms with Crippen LogP contribution in [-0.4, -0.2) is 19.3 Å². The first-order valence-corrected chi connectivity index (χ1v) is 5.03. The largest absolute Gasteiger partial charge is 0.491 e. The van der Waals surface area contributed by atoms with E-state index in [-0.39, 0.29) is 6.10 Å². The zero-order chi connectivity index (χ0) is 10.4. The number of benzene rings is 1. The quantitative estimate of drug-likeness (QED) is 0.717. The second-order valence-corrected chi connectivity index (χ2v) is 3.39. The Balaban J connectivity index is 2.34. The molecule has 0 bridgehead atoms. The van der Waals surface area contributed by atoms with E-state index >= 15 is 0 Å². The van der Waals surface area contributed by atoms with Crippen LogP contribution in [0.5, 0.6) is 5.75 Å². The van der Waals surface area contributed by atoms with E-state index in [0.29, 0.717) is 6.61 Å². The van der Waals surface area contributed by atoms with E-state index in [0.717, 1.165) is 12.4 Å². The van der Waals surface area contributed by atoms with Gasteiger partial charge in [-0.25, -0.2) is 0 Å². The molecule has 1 aromatic carbocycles. The van der Waals surface area contributed by atoms with Gasteiger partial charge in [-0.3, -0.25) is 0 Å². The summed E-state index contributed by atoms with van der Waals surface area (Å²) in [6.45, 7) is 7.40. The molecule has 1 rings (SSSR count). The Morgan fingerprint density at radius 1 is 1.21 bits per heavy atom. The molecular weight excluding hydrogens is 176 g/mol. The van der Waals surface area contributed by atoms with Gasteiger partial charge in [0.05, 0.1) is 6.10 Å². The minimum Gasteiger partial charge on any atom is -0.491 e. The van der Waals surface area contributed by atoms with Crippen LogP contribution in [0.4, 0.5) is 0 Å². The van der Waals surface area contributed by atoms with Gasteiger partial charge in [0.25, 0.3) is 0 Å². The maximum atomic E-state index is 5.55. The van der Waals surface area contributed by atoms with Gasteiger partial charge in [0, 0.05) is 6.61 Å². The Bertz CT molecular complexity index is 254. The van der Waals surface area contributed by atoms with Crippen molar-refractivity contribution in [2.75, 3.05) is 13.2 Å². The molecule has 2 nitrogen and oxygen atoms in total. The average molecular weight is 194 g/mol. The number of hydrogen-bond donors (Lipinski definition) is 0. The predicted octanol–water partition coefficient (Wildman–Crippen LogP) is 2.80. The lowest BCUT2D eigenvalue weighted by Gasteiger charge is -2.12. The molecule has 1 aromatic rings. The summed E-state index contributed by atoms with van der Waals surface area (Å²) >= 11 is 0. The second kappa shape index (κ2) is 5.66. The lowest BCUT2D eigenvalue weighted by Crippen LogP contribution is -2.17. The molecule has 0 aliphatic rings. The first-order valence-electron chi connectivity index (χ1n) is 5.03. The van der Waals surface area contributed by atoms with E-state index < -0.39 is 0 Å². The zero-order valence-corrected chi connectivity index (χ0v) is 9.12. The fraction of sp³-hybridized carbons (Fsp3) is 0.500. The van der Waals surface area contributed by atoms with Crippen molar-refractivity contribution in [3.05, 3.63) is 29.8 Å². The van der Waals surface area contributed by atoms with E-state index in [4.69, 9.17) is 9.47 Å². The smallest absolute Gasteiger partial charge is 0.119 e. The van der Waals surface area contributed by atoms with Crippen LogP contribution in [0.1, 0.15) is 19.4 Å². The monoisotopic (exact) mass is 194 g/mol. The topological polar surface area (TPSA) is 18.5 Å². The number of rotatable bonds is 5. The molecule has 0 N–H and O–H groups in total. The summed E-state index contributed by atoms with van der Waals surface area (Å²) in [5.41, 5.74) is 1.25. The molecule has 0 amide bonds. The van der Waals surface area contributed by atoms with Gasteiger partial charge in [-0.15, -0.1) is 0 Å². The van der Waals surface area contributed by atoms with Gasteiger partial charge >= 0.3 is 0 Å². The van der Waals surface area contributed by atoms with Crippen molar-refractivity contribution in [1.29, 1.82) is 0 Å². The van der Waals surface area contributed by atoms with Crippen molar-refractivity contribution in [3.8, 4) is 5.75 Å². The molecule has 0 radical (unpaired) electrons. The van der Waals surface area contributed by atoms with Crippen molar-refractivity contribution in [1.82, 2.24) is 0 Å². The van der Waals surface area contributed by atoms with Gasteiger partial charge in [0.1, 0.15) is 12.4 Å². The minimum absolute atomic E-state index is 0.154. The molecule has 0 spiro atoms. The second-order valence-electron chi connectivity index (χ2n) is 3.39. The first-order chi connectivity index (χ1) is 6.72. The number of aryl methyl sites for hydroxylation is 1. The normalized spacial score (nSPS) is 12.5. The molecular formula is C12H18O2. The summed E-state index contributed by atoms with van der Waals surface area (Å²) in [5, 5.41) is 0. The van der Waals surface area contributed by atoms with Crippen LogP contribution in [0, 0.1) is 6.92 Å². The maximum absolute atomic E-state index is 5.55. The lowest BCUT2D eigenvalue weighted by molar-refractivity contribution is 0.0402. The standard InChI is InChI=1S/C12H18O2/c1-4-13-11(3)9-14-12-7-5-10(2)6-8-12/h5-8,11H,4,9H2,1-3H3. The summed E-state index contributed by atoms with van der Waals surface area (Å²) in [6, 6.07) is 8.04. The van der Waals surface area contributed by atoms with E-state index in [1.54, 1.807) is 0 Å². The average Bonchev–Trinajstić information content (AvgIpc) is 2.17. The van der Waals surface area contributed by atoms with Gasteiger partial charge in [-0.05, 0) is 32.9 Å². The summed E-state index contributed by atoms with van der Waals surface area (Å²) in [5.74, 6) is 0.905. The highest BCUT2D eigenvalue weighted by atomic mass is 16.5. The number of hydrogen-bond acceptors (Lipinski definition) is 2. The van der Waals surface area contributed by atoms with Gasteiger partial charge in [-0.1, -0.05) is 17.7 Å². The highest BCUT2D eigenvalue weighted by Gasteiger charge is 2.01. The third kappa shape index (κ3) is 3.79. The summed E-state index contributed by atoms with van der Waals surface area (Å²) in [7, 11) is 0. The molecule has 0 saturated carbocycles. The molecule has 78 valence electrons. The van der Waals surface area contributed by atoms with Crippen LogP contribution in [-0.2, 0) is 4.74 Å². The summed E-state index contributed by atoms with van der Waals surface area (Å²) in [4.78, 5) is 0.